The van der Waals surface area contributed by atoms with Crippen LogP contribution in [0.2, 0.25) is 0 Å². The number of hydrogen-bond donors (Lipinski definition) is 2. The molecule has 0 aliphatic rings. The predicted octanol–water partition coefficient (Wildman–Crippen LogP) is 3.16. The van der Waals surface area contributed by atoms with Gasteiger partial charge in [0.25, 0.3) is 17.5 Å². The Kier molecular flexibility index (Phi) is 5.05. The van der Waals surface area contributed by atoms with E-state index < -0.39 is 16.7 Å². The van der Waals surface area contributed by atoms with Crippen LogP contribution in [0.5, 0.6) is 0 Å². The molecule has 0 aliphatic heterocycles. The molecular weight excluding hydrogens is 376 g/mol. The Bertz CT molecular complexity index is 965. The number of thiophene rings is 1. The third-order valence-electron chi connectivity index (χ3n) is 3.40. The molecular formula is C16H12N4O4S2. The summed E-state index contributed by atoms with van der Waals surface area (Å²) < 4.78 is 0. The first-order valence-corrected chi connectivity index (χ1v) is 9.07. The molecule has 0 bridgehead atoms. The van der Waals surface area contributed by atoms with Gasteiger partial charge in [0.2, 0.25) is 0 Å². The highest BCUT2D eigenvalue weighted by molar-refractivity contribution is 7.17. The fourth-order valence-corrected chi connectivity index (χ4v) is 3.77. The largest absolute Gasteiger partial charge is 0.281 e. The molecule has 0 saturated heterocycles. The number of aromatic nitrogens is 1. The van der Waals surface area contributed by atoms with Crippen LogP contribution < -0.4 is 10.9 Å². The van der Waals surface area contributed by atoms with Crippen molar-refractivity contribution >= 4 is 40.2 Å². The van der Waals surface area contributed by atoms with Crippen molar-refractivity contribution in [1.29, 1.82) is 0 Å². The van der Waals surface area contributed by atoms with Gasteiger partial charge >= 0.3 is 0 Å². The van der Waals surface area contributed by atoms with Crippen LogP contribution in [0.15, 0.2) is 41.1 Å². The minimum Gasteiger partial charge on any atom is -0.267 e. The molecule has 8 nitrogen and oxygen atoms in total. The summed E-state index contributed by atoms with van der Waals surface area (Å²) in [6, 6.07) is 6.98. The first-order chi connectivity index (χ1) is 12.5. The molecule has 0 saturated carbocycles. The molecule has 0 fully saturated rings. The van der Waals surface area contributed by atoms with Crippen molar-refractivity contribution in [2.24, 2.45) is 0 Å². The maximum atomic E-state index is 12.3. The maximum absolute atomic E-state index is 12.3. The Labute approximate surface area is 155 Å². The summed E-state index contributed by atoms with van der Waals surface area (Å²) in [7, 11) is 0. The number of nitrogens with one attached hydrogen (secondary N) is 2. The molecule has 2 aromatic heterocycles. The van der Waals surface area contributed by atoms with Crippen LogP contribution in [0.3, 0.4) is 0 Å². The molecule has 2 heterocycles. The molecule has 1 aromatic carbocycles. The number of non-ortho nitro benzene ring substituents is 1. The quantitative estimate of drug-likeness (QED) is 0.526. The van der Waals surface area contributed by atoms with Crippen LogP contribution >= 0.6 is 22.7 Å². The minimum absolute atomic E-state index is 0.119. The fraction of sp³-hybridized carbons (Fsp3) is 0.0625. The number of hydrazine groups is 1. The van der Waals surface area contributed by atoms with Crippen LogP contribution in [0, 0.1) is 17.0 Å². The number of nitrogens with zero attached hydrogens (tertiary/aromatic N) is 2. The first-order valence-electron chi connectivity index (χ1n) is 7.31. The third kappa shape index (κ3) is 3.76. The number of rotatable bonds is 4. The first kappa shape index (κ1) is 17.7. The highest BCUT2D eigenvalue weighted by Crippen LogP contribution is 2.29. The molecule has 2 N–H and O–H groups in total. The van der Waals surface area contributed by atoms with Crippen LogP contribution in [0.4, 0.5) is 5.69 Å². The number of nitro benzene ring substituents is 1. The Balaban J connectivity index is 1.65. The summed E-state index contributed by atoms with van der Waals surface area (Å²) in [5, 5.41) is 15.2. The van der Waals surface area contributed by atoms with Gasteiger partial charge in [-0.05, 0) is 30.5 Å². The zero-order valence-corrected chi connectivity index (χ0v) is 15.0. The van der Waals surface area contributed by atoms with E-state index in [-0.39, 0.29) is 11.3 Å². The normalized spacial score (nSPS) is 10.3. The lowest BCUT2D eigenvalue weighted by Gasteiger charge is -2.06. The van der Waals surface area contributed by atoms with Crippen LogP contribution in [0.1, 0.15) is 25.7 Å². The van der Waals surface area contributed by atoms with E-state index in [0.29, 0.717) is 10.6 Å². The lowest BCUT2D eigenvalue weighted by molar-refractivity contribution is -0.384. The molecule has 2 amide bonds. The second-order valence-electron chi connectivity index (χ2n) is 5.16. The Morgan fingerprint density at radius 1 is 1.12 bits per heavy atom. The van der Waals surface area contributed by atoms with Crippen LogP contribution in [-0.2, 0) is 0 Å². The molecule has 132 valence electrons. The second kappa shape index (κ2) is 7.42. The van der Waals surface area contributed by atoms with Crippen molar-refractivity contribution in [2.75, 3.05) is 0 Å². The van der Waals surface area contributed by atoms with Crippen molar-refractivity contribution in [2.45, 2.75) is 6.92 Å². The monoisotopic (exact) mass is 388 g/mol. The van der Waals surface area contributed by atoms with Crippen molar-refractivity contribution < 1.29 is 14.5 Å². The highest BCUT2D eigenvalue weighted by atomic mass is 32.1. The standard InChI is InChI=1S/C16H12N4O4S2/c1-9-13(26-16(17-9)11-6-7-25-8-11)15(22)19-18-14(21)10-2-4-12(5-3-10)20(23)24/h2-8H,1H3,(H,18,21)(H,19,22). The lowest BCUT2D eigenvalue weighted by atomic mass is 10.2. The number of carbonyl (C=O) groups is 2. The molecule has 26 heavy (non-hydrogen) atoms. The van der Waals surface area contributed by atoms with Gasteiger partial charge in [0.05, 0.1) is 10.6 Å². The van der Waals surface area contributed by atoms with Crippen molar-refractivity contribution in [3.05, 3.63) is 67.3 Å². The van der Waals surface area contributed by atoms with E-state index in [4.69, 9.17) is 0 Å². The summed E-state index contributed by atoms with van der Waals surface area (Å²) in [6.07, 6.45) is 0. The number of thiazole rings is 1. The minimum atomic E-state index is -0.575. The average molecular weight is 388 g/mol. The van der Waals surface area contributed by atoms with Crippen molar-refractivity contribution in [3.63, 3.8) is 0 Å². The van der Waals surface area contributed by atoms with Gasteiger partial charge in [-0.1, -0.05) is 0 Å². The molecule has 0 radical (unpaired) electrons. The fourth-order valence-electron chi connectivity index (χ4n) is 2.09. The van der Waals surface area contributed by atoms with Gasteiger partial charge in [-0.2, -0.15) is 11.3 Å². The van der Waals surface area contributed by atoms with Gasteiger partial charge in [0, 0.05) is 28.6 Å². The Hall–Kier alpha value is -3.11. The zero-order chi connectivity index (χ0) is 18.7. The molecule has 10 heteroatoms. The topological polar surface area (TPSA) is 114 Å². The van der Waals surface area contributed by atoms with E-state index in [1.807, 2.05) is 16.8 Å². The number of amides is 2. The summed E-state index contributed by atoms with van der Waals surface area (Å²) in [4.78, 5) is 39.2. The van der Waals surface area contributed by atoms with E-state index in [1.54, 1.807) is 6.92 Å². The molecule has 0 spiro atoms. The predicted molar refractivity (Wildman–Crippen MR) is 98.2 cm³/mol. The van der Waals surface area contributed by atoms with E-state index in [1.165, 1.54) is 46.9 Å². The van der Waals surface area contributed by atoms with E-state index in [9.17, 15) is 19.7 Å². The van der Waals surface area contributed by atoms with Gasteiger partial charge in [0.1, 0.15) is 9.88 Å². The van der Waals surface area contributed by atoms with E-state index >= 15 is 0 Å². The smallest absolute Gasteiger partial charge is 0.267 e. The van der Waals surface area contributed by atoms with Crippen molar-refractivity contribution in [1.82, 2.24) is 15.8 Å². The molecule has 0 aliphatic carbocycles. The number of nitro groups is 1. The van der Waals surface area contributed by atoms with Crippen LogP contribution in [-0.4, -0.2) is 21.7 Å². The van der Waals surface area contributed by atoms with Crippen molar-refractivity contribution in [3.8, 4) is 10.6 Å². The third-order valence-corrected chi connectivity index (χ3v) is 5.29. The van der Waals surface area contributed by atoms with Gasteiger partial charge in [0.15, 0.2) is 0 Å². The van der Waals surface area contributed by atoms with Gasteiger partial charge in [-0.3, -0.25) is 30.6 Å². The van der Waals surface area contributed by atoms with Gasteiger partial charge in [-0.25, -0.2) is 4.98 Å². The second-order valence-corrected chi connectivity index (χ2v) is 6.94. The van der Waals surface area contributed by atoms with Crippen LogP contribution in [0.25, 0.3) is 10.6 Å². The Morgan fingerprint density at radius 2 is 1.81 bits per heavy atom. The summed E-state index contributed by atoms with van der Waals surface area (Å²) >= 11 is 2.77. The number of carbonyl (C=O) groups excluding carboxylic acids is 2. The van der Waals surface area contributed by atoms with Gasteiger partial charge < -0.3 is 0 Å². The molecule has 3 aromatic rings. The van der Waals surface area contributed by atoms with E-state index in [0.717, 1.165) is 10.6 Å². The highest BCUT2D eigenvalue weighted by Gasteiger charge is 2.17. The number of hydrogen-bond acceptors (Lipinski definition) is 7. The maximum Gasteiger partial charge on any atom is 0.281 e. The number of aryl methyl sites for hydroxylation is 1. The lowest BCUT2D eigenvalue weighted by Crippen LogP contribution is -2.41. The summed E-state index contributed by atoms with van der Waals surface area (Å²) in [5.74, 6) is -1.05. The molecule has 0 unspecified atom stereocenters. The summed E-state index contributed by atoms with van der Waals surface area (Å²) in [5.41, 5.74) is 6.21. The molecule has 3 rings (SSSR count). The Morgan fingerprint density at radius 3 is 2.42 bits per heavy atom. The zero-order valence-electron chi connectivity index (χ0n) is 13.4. The average Bonchev–Trinajstić information content (AvgIpc) is 3.29. The van der Waals surface area contributed by atoms with Gasteiger partial charge in [-0.15, -0.1) is 11.3 Å². The van der Waals surface area contributed by atoms with E-state index in [2.05, 4.69) is 15.8 Å². The SMILES string of the molecule is Cc1nc(-c2ccsc2)sc1C(=O)NNC(=O)c1ccc([N+](=O)[O-])cc1. The summed E-state index contributed by atoms with van der Waals surface area (Å²) in [6.45, 7) is 1.72. The number of benzene rings is 1. The molecule has 0 atom stereocenters.